The number of carboxylic acids is 1. The molecule has 1 rings (SSSR count). The van der Waals surface area contributed by atoms with Crippen LogP contribution in [0.2, 0.25) is 0 Å². The minimum atomic E-state index is -1.02. The van der Waals surface area contributed by atoms with Gasteiger partial charge in [0.1, 0.15) is 11.6 Å². The normalized spacial score (nSPS) is 16.8. The summed E-state index contributed by atoms with van der Waals surface area (Å²) in [5.41, 5.74) is -0.619. The lowest BCUT2D eigenvalue weighted by Gasteiger charge is -2.21. The molecule has 19 heavy (non-hydrogen) atoms. The number of nitrogens with one attached hydrogen (secondary N) is 1. The highest BCUT2D eigenvalue weighted by atomic mass is 32.2. The van der Waals surface area contributed by atoms with Gasteiger partial charge in [0.05, 0.1) is 0 Å². The minimum Gasteiger partial charge on any atom is -0.480 e. The molecule has 1 amide bonds. The van der Waals surface area contributed by atoms with E-state index in [1.807, 2.05) is 0 Å². The van der Waals surface area contributed by atoms with E-state index in [-0.39, 0.29) is 0 Å². The average molecular weight is 289 g/mol. The van der Waals surface area contributed by atoms with Crippen molar-refractivity contribution in [1.82, 2.24) is 5.32 Å². The standard InChI is InChI=1S/C13H23NO4S/c1-13(2,3)18-12(17)14-10(11(15)16)8-19-7-6-9-4-5-9/h9-10H,4-8H2,1-3H3,(H,14,17)(H,15,16). The number of carboxylic acid groups (broad SMARTS) is 1. The van der Waals surface area contributed by atoms with E-state index < -0.39 is 23.7 Å². The van der Waals surface area contributed by atoms with Crippen LogP contribution in [-0.4, -0.2) is 40.3 Å². The SMILES string of the molecule is CC(C)(C)OC(=O)NC(CSCCC1CC1)C(=O)O. The number of hydrogen-bond acceptors (Lipinski definition) is 4. The first kappa shape index (κ1) is 16.1. The fraction of sp³-hybridized carbons (Fsp3) is 0.846. The molecule has 0 bridgehead atoms. The quantitative estimate of drug-likeness (QED) is 0.704. The summed E-state index contributed by atoms with van der Waals surface area (Å²) in [6.07, 6.45) is 3.07. The van der Waals surface area contributed by atoms with Crippen LogP contribution in [0, 0.1) is 5.92 Å². The smallest absolute Gasteiger partial charge is 0.408 e. The molecule has 6 heteroatoms. The molecule has 1 aliphatic carbocycles. The van der Waals surface area contributed by atoms with Crippen molar-refractivity contribution in [3.05, 3.63) is 0 Å². The Balaban J connectivity index is 2.26. The molecule has 1 atom stereocenters. The van der Waals surface area contributed by atoms with Crippen molar-refractivity contribution >= 4 is 23.8 Å². The molecule has 5 nitrogen and oxygen atoms in total. The molecular formula is C13H23NO4S. The van der Waals surface area contributed by atoms with E-state index in [0.717, 1.165) is 18.1 Å². The lowest BCUT2D eigenvalue weighted by Crippen LogP contribution is -2.45. The van der Waals surface area contributed by atoms with Crippen molar-refractivity contribution in [2.24, 2.45) is 5.92 Å². The van der Waals surface area contributed by atoms with Crippen molar-refractivity contribution < 1.29 is 19.4 Å². The summed E-state index contributed by atoms with van der Waals surface area (Å²) in [5.74, 6) is 1.14. The summed E-state index contributed by atoms with van der Waals surface area (Å²) in [5, 5.41) is 11.5. The Morgan fingerprint density at radius 1 is 1.42 bits per heavy atom. The second-order valence-electron chi connectivity index (χ2n) is 5.84. The van der Waals surface area contributed by atoms with Crippen LogP contribution in [0.25, 0.3) is 0 Å². The third kappa shape index (κ3) is 7.97. The van der Waals surface area contributed by atoms with Gasteiger partial charge in [0.25, 0.3) is 0 Å². The first-order valence-electron chi connectivity index (χ1n) is 6.58. The minimum absolute atomic E-state index is 0.376. The van der Waals surface area contributed by atoms with Crippen molar-refractivity contribution in [3.63, 3.8) is 0 Å². The lowest BCUT2D eigenvalue weighted by molar-refractivity contribution is -0.138. The molecule has 0 saturated heterocycles. The summed E-state index contributed by atoms with van der Waals surface area (Å²) in [4.78, 5) is 22.6. The first-order valence-corrected chi connectivity index (χ1v) is 7.73. The van der Waals surface area contributed by atoms with E-state index in [2.05, 4.69) is 5.32 Å². The number of carbonyl (C=O) groups is 2. The van der Waals surface area contributed by atoms with Crippen molar-refractivity contribution in [2.75, 3.05) is 11.5 Å². The predicted molar refractivity (Wildman–Crippen MR) is 75.5 cm³/mol. The van der Waals surface area contributed by atoms with Crippen molar-refractivity contribution in [2.45, 2.75) is 51.7 Å². The van der Waals surface area contributed by atoms with E-state index >= 15 is 0 Å². The number of alkyl carbamates (subject to hydrolysis) is 1. The third-order valence-corrected chi connectivity index (χ3v) is 3.73. The second-order valence-corrected chi connectivity index (χ2v) is 6.99. The lowest BCUT2D eigenvalue weighted by atomic mass is 10.2. The summed E-state index contributed by atoms with van der Waals surface area (Å²) in [6.45, 7) is 5.23. The van der Waals surface area contributed by atoms with Gasteiger partial charge in [0, 0.05) is 5.75 Å². The fourth-order valence-corrected chi connectivity index (χ4v) is 2.61. The van der Waals surface area contributed by atoms with E-state index in [1.54, 1.807) is 32.5 Å². The van der Waals surface area contributed by atoms with Crippen molar-refractivity contribution in [1.29, 1.82) is 0 Å². The number of rotatable bonds is 7. The van der Waals surface area contributed by atoms with Crippen LogP contribution < -0.4 is 5.32 Å². The van der Waals surface area contributed by atoms with Gasteiger partial charge in [-0.1, -0.05) is 12.8 Å². The van der Waals surface area contributed by atoms with E-state index in [1.165, 1.54) is 12.8 Å². The van der Waals surface area contributed by atoms with Gasteiger partial charge in [-0.25, -0.2) is 9.59 Å². The van der Waals surface area contributed by atoms with E-state index in [9.17, 15) is 9.59 Å². The van der Waals surface area contributed by atoms with Crippen LogP contribution in [0.5, 0.6) is 0 Å². The van der Waals surface area contributed by atoms with Gasteiger partial charge in [-0.05, 0) is 38.9 Å². The van der Waals surface area contributed by atoms with E-state index in [0.29, 0.717) is 5.75 Å². The zero-order valence-corrected chi connectivity index (χ0v) is 12.6. The molecular weight excluding hydrogens is 266 g/mol. The van der Waals surface area contributed by atoms with Gasteiger partial charge < -0.3 is 15.2 Å². The highest BCUT2D eigenvalue weighted by Crippen LogP contribution is 2.33. The second kappa shape index (κ2) is 7.03. The largest absolute Gasteiger partial charge is 0.480 e. The zero-order valence-electron chi connectivity index (χ0n) is 11.8. The highest BCUT2D eigenvalue weighted by Gasteiger charge is 2.25. The fourth-order valence-electron chi connectivity index (χ4n) is 1.48. The number of carbonyl (C=O) groups excluding carboxylic acids is 1. The van der Waals surface area contributed by atoms with Crippen LogP contribution in [0.3, 0.4) is 0 Å². The zero-order chi connectivity index (χ0) is 14.5. The molecule has 1 fully saturated rings. The number of ether oxygens (including phenoxy) is 1. The van der Waals surface area contributed by atoms with Gasteiger partial charge in [-0.15, -0.1) is 0 Å². The number of aliphatic carboxylic acids is 1. The summed E-state index contributed by atoms with van der Waals surface area (Å²) in [7, 11) is 0. The molecule has 110 valence electrons. The van der Waals surface area contributed by atoms with Crippen LogP contribution >= 0.6 is 11.8 Å². The molecule has 0 aliphatic heterocycles. The van der Waals surface area contributed by atoms with Gasteiger partial charge in [0.2, 0.25) is 0 Å². The maximum atomic E-state index is 11.5. The number of amides is 1. The summed E-state index contributed by atoms with van der Waals surface area (Å²) < 4.78 is 5.05. The van der Waals surface area contributed by atoms with Crippen molar-refractivity contribution in [3.8, 4) is 0 Å². The molecule has 0 aromatic rings. The Kier molecular flexibility index (Phi) is 5.97. The Hall–Kier alpha value is -0.910. The van der Waals surface area contributed by atoms with Crippen LogP contribution in [-0.2, 0) is 9.53 Å². The summed E-state index contributed by atoms with van der Waals surface area (Å²) >= 11 is 1.57. The molecule has 2 N–H and O–H groups in total. The van der Waals surface area contributed by atoms with Crippen LogP contribution in [0.15, 0.2) is 0 Å². The van der Waals surface area contributed by atoms with Gasteiger partial charge in [-0.3, -0.25) is 0 Å². The maximum absolute atomic E-state index is 11.5. The van der Waals surface area contributed by atoms with Crippen LogP contribution in [0.4, 0.5) is 4.79 Å². The van der Waals surface area contributed by atoms with Crippen LogP contribution in [0.1, 0.15) is 40.0 Å². The first-order chi connectivity index (χ1) is 8.78. The Morgan fingerprint density at radius 2 is 2.05 bits per heavy atom. The molecule has 1 aliphatic rings. The third-order valence-electron chi connectivity index (χ3n) is 2.64. The van der Waals surface area contributed by atoms with Gasteiger partial charge >= 0.3 is 12.1 Å². The highest BCUT2D eigenvalue weighted by molar-refractivity contribution is 7.99. The maximum Gasteiger partial charge on any atom is 0.408 e. The number of hydrogen-bond donors (Lipinski definition) is 2. The average Bonchev–Trinajstić information content (AvgIpc) is 3.03. The Labute approximate surface area is 118 Å². The molecule has 0 radical (unpaired) electrons. The Bertz CT molecular complexity index is 323. The Morgan fingerprint density at radius 3 is 2.53 bits per heavy atom. The molecule has 1 saturated carbocycles. The number of thioether (sulfide) groups is 1. The molecule has 0 aromatic carbocycles. The van der Waals surface area contributed by atoms with E-state index in [4.69, 9.17) is 9.84 Å². The molecule has 0 spiro atoms. The predicted octanol–water partition coefficient (Wildman–Crippen LogP) is 2.50. The topological polar surface area (TPSA) is 75.6 Å². The molecule has 0 aromatic heterocycles. The monoisotopic (exact) mass is 289 g/mol. The van der Waals surface area contributed by atoms with Gasteiger partial charge in [-0.2, -0.15) is 11.8 Å². The summed E-state index contributed by atoms with van der Waals surface area (Å²) in [6, 6.07) is -0.890. The molecule has 0 heterocycles. The van der Waals surface area contributed by atoms with Gasteiger partial charge in [0.15, 0.2) is 0 Å². The molecule has 1 unspecified atom stereocenters.